The van der Waals surface area contributed by atoms with Gasteiger partial charge in [-0.15, -0.1) is 0 Å². The Morgan fingerprint density at radius 1 is 1.40 bits per heavy atom. The minimum Gasteiger partial charge on any atom is -0.252 e. The van der Waals surface area contributed by atoms with Crippen molar-refractivity contribution in [2.75, 3.05) is 0 Å². The van der Waals surface area contributed by atoms with E-state index < -0.39 is 5.95 Å². The molecule has 1 aromatic rings. The number of nitrogens with zero attached hydrogens (tertiary/aromatic N) is 1. The fourth-order valence-corrected chi connectivity index (χ4v) is 0.692. The van der Waals surface area contributed by atoms with Gasteiger partial charge in [0.25, 0.3) is 0 Å². The van der Waals surface area contributed by atoms with Crippen LogP contribution < -0.4 is 0 Å². The van der Waals surface area contributed by atoms with E-state index in [1.54, 1.807) is 0 Å². The monoisotopic (exact) mass is 138 g/mol. The minimum absolute atomic E-state index is 0.370. The molecule has 0 amide bonds. The molecule has 0 fully saturated rings. The highest BCUT2D eigenvalue weighted by Gasteiger charge is 2.04. The summed E-state index contributed by atoms with van der Waals surface area (Å²) in [6.07, 6.45) is 2.87. The van der Waals surface area contributed by atoms with E-state index in [1.165, 1.54) is 12.2 Å². The molecule has 1 aromatic heterocycles. The van der Waals surface area contributed by atoms with Gasteiger partial charge in [-0.2, -0.15) is 9.49 Å². The summed E-state index contributed by atoms with van der Waals surface area (Å²) >= 11 is 0. The number of aromatic amines is 1. The van der Waals surface area contributed by atoms with Crippen LogP contribution in [-0.2, 0) is 0 Å². The van der Waals surface area contributed by atoms with Crippen LogP contribution in [0.25, 0.3) is 12.2 Å². The zero-order valence-electron chi connectivity index (χ0n) is 5.39. The number of H-pyrrole nitrogens is 1. The summed E-state index contributed by atoms with van der Waals surface area (Å²) in [5.41, 5.74) is 0.863. The standard InChI is InChI=1S/C7H7FN2/c1-3-5-6(4-2)9-10-7(5)8/h3-4H,1-2H2,(H,9,10). The molecule has 1 heterocycles. The summed E-state index contributed by atoms with van der Waals surface area (Å²) < 4.78 is 12.6. The third-order valence-electron chi connectivity index (χ3n) is 1.18. The Balaban J connectivity index is 3.25. The van der Waals surface area contributed by atoms with Crippen molar-refractivity contribution in [2.24, 2.45) is 0 Å². The molecule has 0 bridgehead atoms. The number of rotatable bonds is 2. The number of aromatic nitrogens is 2. The minimum atomic E-state index is -0.468. The third-order valence-corrected chi connectivity index (χ3v) is 1.18. The Kier molecular flexibility index (Phi) is 1.67. The van der Waals surface area contributed by atoms with Crippen LogP contribution in [0, 0.1) is 5.95 Å². The molecule has 0 aliphatic carbocycles. The van der Waals surface area contributed by atoms with Crippen LogP contribution in [-0.4, -0.2) is 10.2 Å². The Hall–Kier alpha value is -1.38. The SMILES string of the molecule is C=Cc1n[nH]c(F)c1C=C. The lowest BCUT2D eigenvalue weighted by atomic mass is 10.2. The van der Waals surface area contributed by atoms with Crippen LogP contribution in [0.5, 0.6) is 0 Å². The number of hydrogen-bond donors (Lipinski definition) is 1. The van der Waals surface area contributed by atoms with Gasteiger partial charge in [-0.1, -0.05) is 19.2 Å². The maximum Gasteiger partial charge on any atom is 0.216 e. The summed E-state index contributed by atoms with van der Waals surface area (Å²) in [5.74, 6) is -0.468. The quantitative estimate of drug-likeness (QED) is 0.663. The Bertz CT molecular complexity index is 263. The van der Waals surface area contributed by atoms with Crippen molar-refractivity contribution in [1.29, 1.82) is 0 Å². The van der Waals surface area contributed by atoms with Gasteiger partial charge in [-0.3, -0.25) is 5.10 Å². The molecular formula is C7H7FN2. The van der Waals surface area contributed by atoms with Gasteiger partial charge in [-0.25, -0.2) is 0 Å². The Morgan fingerprint density at radius 2 is 2.10 bits per heavy atom. The van der Waals surface area contributed by atoms with Gasteiger partial charge >= 0.3 is 0 Å². The van der Waals surface area contributed by atoms with Crippen molar-refractivity contribution in [1.82, 2.24) is 10.2 Å². The van der Waals surface area contributed by atoms with Crippen molar-refractivity contribution < 1.29 is 4.39 Å². The molecule has 0 atom stereocenters. The molecule has 0 aliphatic heterocycles. The average molecular weight is 138 g/mol. The summed E-state index contributed by atoms with van der Waals surface area (Å²) in [4.78, 5) is 0. The highest BCUT2D eigenvalue weighted by Crippen LogP contribution is 2.11. The van der Waals surface area contributed by atoms with Crippen molar-refractivity contribution in [3.8, 4) is 0 Å². The number of nitrogens with one attached hydrogen (secondary N) is 1. The van der Waals surface area contributed by atoms with Crippen LogP contribution >= 0.6 is 0 Å². The van der Waals surface area contributed by atoms with Gasteiger partial charge in [0.1, 0.15) is 0 Å². The molecule has 3 heteroatoms. The molecule has 0 spiro atoms. The van der Waals surface area contributed by atoms with Gasteiger partial charge in [0.2, 0.25) is 5.95 Å². The second-order valence-corrected chi connectivity index (χ2v) is 1.74. The van der Waals surface area contributed by atoms with E-state index in [4.69, 9.17) is 0 Å². The van der Waals surface area contributed by atoms with Crippen LogP contribution in [0.15, 0.2) is 13.2 Å². The lowest BCUT2D eigenvalue weighted by Gasteiger charge is -1.84. The fourth-order valence-electron chi connectivity index (χ4n) is 0.692. The summed E-state index contributed by atoms with van der Waals surface area (Å²) in [7, 11) is 0. The van der Waals surface area contributed by atoms with Gasteiger partial charge < -0.3 is 0 Å². The molecule has 1 N–H and O–H groups in total. The maximum atomic E-state index is 12.6. The maximum absolute atomic E-state index is 12.6. The van der Waals surface area contributed by atoms with E-state index in [9.17, 15) is 4.39 Å². The van der Waals surface area contributed by atoms with Gasteiger partial charge in [0.05, 0.1) is 11.3 Å². The zero-order valence-corrected chi connectivity index (χ0v) is 5.39. The second-order valence-electron chi connectivity index (χ2n) is 1.74. The van der Waals surface area contributed by atoms with Crippen LogP contribution in [0.1, 0.15) is 11.3 Å². The molecule has 0 radical (unpaired) electrons. The summed E-state index contributed by atoms with van der Waals surface area (Å²) in [5, 5.41) is 5.80. The van der Waals surface area contributed by atoms with Crippen molar-refractivity contribution in [3.05, 3.63) is 30.4 Å². The number of halogens is 1. The zero-order chi connectivity index (χ0) is 7.56. The lowest BCUT2D eigenvalue weighted by Crippen LogP contribution is -1.75. The van der Waals surface area contributed by atoms with Crippen molar-refractivity contribution >= 4 is 12.2 Å². The lowest BCUT2D eigenvalue weighted by molar-refractivity contribution is 0.577. The van der Waals surface area contributed by atoms with Crippen LogP contribution in [0.4, 0.5) is 4.39 Å². The average Bonchev–Trinajstić information content (AvgIpc) is 2.30. The van der Waals surface area contributed by atoms with Crippen molar-refractivity contribution in [3.63, 3.8) is 0 Å². The van der Waals surface area contributed by atoms with Gasteiger partial charge in [0, 0.05) is 0 Å². The Labute approximate surface area is 58.1 Å². The molecule has 0 saturated heterocycles. The van der Waals surface area contributed by atoms with Crippen LogP contribution in [0.3, 0.4) is 0 Å². The van der Waals surface area contributed by atoms with Gasteiger partial charge in [-0.05, 0) is 6.08 Å². The van der Waals surface area contributed by atoms with E-state index in [1.807, 2.05) is 0 Å². The molecule has 10 heavy (non-hydrogen) atoms. The summed E-state index contributed by atoms with van der Waals surface area (Å²) in [6, 6.07) is 0. The molecule has 1 rings (SSSR count). The normalized spacial score (nSPS) is 9.30. The van der Waals surface area contributed by atoms with Gasteiger partial charge in [0.15, 0.2) is 0 Å². The predicted octanol–water partition coefficient (Wildman–Crippen LogP) is 1.83. The summed E-state index contributed by atoms with van der Waals surface area (Å²) in [6.45, 7) is 6.88. The molecular weight excluding hydrogens is 131 g/mol. The van der Waals surface area contributed by atoms with E-state index in [-0.39, 0.29) is 0 Å². The molecule has 2 nitrogen and oxygen atoms in total. The largest absolute Gasteiger partial charge is 0.252 e. The molecule has 0 aromatic carbocycles. The first kappa shape index (κ1) is 6.74. The molecule has 0 saturated carbocycles. The smallest absolute Gasteiger partial charge is 0.216 e. The Morgan fingerprint density at radius 3 is 2.50 bits per heavy atom. The van der Waals surface area contributed by atoms with Crippen LogP contribution in [0.2, 0.25) is 0 Å². The first-order chi connectivity index (χ1) is 4.79. The topological polar surface area (TPSA) is 28.7 Å². The third kappa shape index (κ3) is 0.857. The second kappa shape index (κ2) is 2.47. The van der Waals surface area contributed by atoms with E-state index in [2.05, 4.69) is 23.4 Å². The molecule has 0 unspecified atom stereocenters. The van der Waals surface area contributed by atoms with E-state index >= 15 is 0 Å². The predicted molar refractivity (Wildman–Crippen MR) is 38.7 cm³/mol. The molecule has 52 valence electrons. The highest BCUT2D eigenvalue weighted by molar-refractivity contribution is 5.59. The van der Waals surface area contributed by atoms with Crippen molar-refractivity contribution in [2.45, 2.75) is 0 Å². The fraction of sp³-hybridized carbons (Fsp3) is 0. The van der Waals surface area contributed by atoms with E-state index in [0.29, 0.717) is 11.3 Å². The first-order valence-electron chi connectivity index (χ1n) is 2.78. The number of hydrogen-bond acceptors (Lipinski definition) is 1. The highest BCUT2D eigenvalue weighted by atomic mass is 19.1. The van der Waals surface area contributed by atoms with E-state index in [0.717, 1.165) is 0 Å². The molecule has 0 aliphatic rings. The first-order valence-corrected chi connectivity index (χ1v) is 2.78.